The summed E-state index contributed by atoms with van der Waals surface area (Å²) in [6, 6.07) is 20.6. The average Bonchev–Trinajstić information content (AvgIpc) is 3.50. The highest BCUT2D eigenvalue weighted by molar-refractivity contribution is 5.95. The van der Waals surface area contributed by atoms with Gasteiger partial charge in [-0.3, -0.25) is 4.90 Å². The third kappa shape index (κ3) is 17.3. The van der Waals surface area contributed by atoms with E-state index in [4.69, 9.17) is 14.9 Å². The second kappa shape index (κ2) is 28.3. The molecule has 3 aromatic rings. The van der Waals surface area contributed by atoms with E-state index >= 15 is 0 Å². The fourth-order valence-corrected chi connectivity index (χ4v) is 5.44. The van der Waals surface area contributed by atoms with E-state index in [1.165, 1.54) is 25.1 Å². The maximum Gasteiger partial charge on any atom is 0.324 e. The molecule has 5 N–H and O–H groups in total. The minimum absolute atomic E-state index is 0.0736. The molecule has 3 aromatic carbocycles. The fraction of sp³-hybridized carbons (Fsp3) is 0.489. The number of nitrogens with zero attached hydrogens (tertiary/aromatic N) is 2. The van der Waals surface area contributed by atoms with Crippen LogP contribution in [0.3, 0.4) is 0 Å². The van der Waals surface area contributed by atoms with Gasteiger partial charge in [-0.1, -0.05) is 95.3 Å². The van der Waals surface area contributed by atoms with Crippen LogP contribution in [0.2, 0.25) is 0 Å². The van der Waals surface area contributed by atoms with E-state index in [-0.39, 0.29) is 36.4 Å². The number of aromatic hydroxyl groups is 1. The molecule has 1 fully saturated rings. The van der Waals surface area contributed by atoms with Gasteiger partial charge >= 0.3 is 6.03 Å². The standard InChI is InChI=1S/C22H19FN2O2.C11H19FO.C8H18O4.2C2H6/c1-24-14-20(25(22(24)27)18-10-8-17(23)9-11-18)19-12-7-16(13-21(19)26)15-5-3-2-4-6-15;1-4-6-10(12)8-7-9(3)11(13)5-2;1-5(2)12-7(4-9)8(11)6(3)10;2*1-2/h2-13,20,26H,14H2,1H3;4,6-7,10-11,13H,5,8H2,1-3H3;5-11H,4H2,1-3H3;2*1-2H3/b;6-4-,9-7+;;;. The molecule has 0 saturated carbocycles. The topological polar surface area (TPSA) is 134 Å². The van der Waals surface area contributed by atoms with Crippen molar-refractivity contribution in [3.05, 3.63) is 108 Å². The third-order valence-electron chi connectivity index (χ3n) is 8.37. The van der Waals surface area contributed by atoms with Crippen molar-refractivity contribution >= 4 is 11.7 Å². The Balaban J connectivity index is 0.000000880. The molecule has 0 radical (unpaired) electrons. The van der Waals surface area contributed by atoms with Crippen LogP contribution in [0.15, 0.2) is 96.6 Å². The molecule has 9 nitrogen and oxygen atoms in total. The zero-order chi connectivity index (χ0) is 43.0. The summed E-state index contributed by atoms with van der Waals surface area (Å²) in [5, 5.41) is 47.1. The van der Waals surface area contributed by atoms with Gasteiger partial charge in [0.05, 0.1) is 31.0 Å². The summed E-state index contributed by atoms with van der Waals surface area (Å²) in [4.78, 5) is 15.8. The molecule has 56 heavy (non-hydrogen) atoms. The molecule has 314 valence electrons. The Bertz CT molecular complexity index is 1550. The number of amides is 2. The zero-order valence-corrected chi connectivity index (χ0v) is 35.2. The largest absolute Gasteiger partial charge is 0.508 e. The van der Waals surface area contributed by atoms with Crippen LogP contribution < -0.4 is 4.90 Å². The maximum absolute atomic E-state index is 13.3. The lowest BCUT2D eigenvalue weighted by Gasteiger charge is -2.25. The van der Waals surface area contributed by atoms with Gasteiger partial charge in [-0.2, -0.15) is 0 Å². The Morgan fingerprint density at radius 3 is 2.02 bits per heavy atom. The maximum atomic E-state index is 13.3. The highest BCUT2D eigenvalue weighted by atomic mass is 19.1. The molecule has 6 atom stereocenters. The van der Waals surface area contributed by atoms with Gasteiger partial charge in [0, 0.05) is 31.3 Å². The molecule has 0 bridgehead atoms. The van der Waals surface area contributed by atoms with Crippen molar-refractivity contribution in [1.82, 2.24) is 4.90 Å². The number of allylic oxidation sites excluding steroid dienone is 3. The lowest BCUT2D eigenvalue weighted by molar-refractivity contribution is -0.119. The second-order valence-corrected chi connectivity index (χ2v) is 13.0. The summed E-state index contributed by atoms with van der Waals surface area (Å²) < 4.78 is 31.4. The van der Waals surface area contributed by atoms with E-state index < -0.39 is 30.6 Å². The van der Waals surface area contributed by atoms with Crippen LogP contribution in [0.1, 0.15) is 93.7 Å². The summed E-state index contributed by atoms with van der Waals surface area (Å²) in [6.07, 6.45) is 1.97. The van der Waals surface area contributed by atoms with E-state index in [0.717, 1.165) is 16.7 Å². The van der Waals surface area contributed by atoms with Crippen molar-refractivity contribution in [2.24, 2.45) is 0 Å². The van der Waals surface area contributed by atoms with E-state index in [1.807, 2.05) is 84.0 Å². The minimum Gasteiger partial charge on any atom is -0.508 e. The summed E-state index contributed by atoms with van der Waals surface area (Å²) >= 11 is 0. The molecular formula is C45H68F2N2O7. The normalized spacial score (nSPS) is 16.6. The van der Waals surface area contributed by atoms with Crippen LogP contribution in [0, 0.1) is 5.82 Å². The van der Waals surface area contributed by atoms with Crippen LogP contribution in [0.25, 0.3) is 11.1 Å². The molecule has 0 aromatic heterocycles. The van der Waals surface area contributed by atoms with E-state index in [1.54, 1.807) is 68.0 Å². The van der Waals surface area contributed by atoms with Gasteiger partial charge in [-0.15, -0.1) is 0 Å². The molecule has 1 saturated heterocycles. The SMILES string of the molecule is C/C=C\C(F)C/C=C(\C)C(O)CC.CC.CC.CC(C)OC(CO)C(O)C(C)O.CN1CC(c2ccc(-c3ccccc3)cc2O)N(c2ccc(F)cc2)C1=O. The first-order valence-corrected chi connectivity index (χ1v) is 19.6. The van der Waals surface area contributed by atoms with Gasteiger partial charge in [-0.05, 0) is 88.1 Å². The Hall–Kier alpha value is -4.13. The predicted molar refractivity (Wildman–Crippen MR) is 225 cm³/mol. The molecule has 1 aliphatic rings. The van der Waals surface area contributed by atoms with Crippen molar-refractivity contribution in [3.63, 3.8) is 0 Å². The number of alkyl halides is 1. The molecule has 0 aliphatic carbocycles. The molecule has 11 heteroatoms. The number of aliphatic hydroxyl groups excluding tert-OH is 4. The summed E-state index contributed by atoms with van der Waals surface area (Å²) in [5.41, 5.74) is 4.03. The van der Waals surface area contributed by atoms with Crippen LogP contribution in [-0.4, -0.2) is 93.4 Å². The van der Waals surface area contributed by atoms with Crippen LogP contribution >= 0.6 is 0 Å². The molecule has 0 spiro atoms. The van der Waals surface area contributed by atoms with Crippen molar-refractivity contribution in [1.29, 1.82) is 0 Å². The monoisotopic (exact) mass is 786 g/mol. The van der Waals surface area contributed by atoms with Gasteiger partial charge < -0.3 is 35.2 Å². The molecule has 1 aliphatic heterocycles. The smallest absolute Gasteiger partial charge is 0.324 e. The van der Waals surface area contributed by atoms with Gasteiger partial charge in [0.1, 0.15) is 29.9 Å². The number of aliphatic hydroxyl groups is 4. The minimum atomic E-state index is -1.03. The number of benzene rings is 3. The van der Waals surface area contributed by atoms with Crippen molar-refractivity contribution in [3.8, 4) is 16.9 Å². The Morgan fingerprint density at radius 2 is 1.54 bits per heavy atom. The number of hydrogen-bond acceptors (Lipinski definition) is 7. The van der Waals surface area contributed by atoms with Gasteiger partial charge in [0.2, 0.25) is 0 Å². The number of ether oxygens (including phenoxy) is 1. The number of phenols is 1. The zero-order valence-electron chi connectivity index (χ0n) is 35.2. The molecule has 2 amide bonds. The lowest BCUT2D eigenvalue weighted by atomic mass is 9.99. The number of likely N-dealkylation sites (N-methyl/N-ethyl adjacent to an activating group) is 1. The Labute approximate surface area is 334 Å². The lowest BCUT2D eigenvalue weighted by Crippen LogP contribution is -2.41. The first kappa shape index (κ1) is 51.9. The number of carbonyl (C=O) groups excluding carboxylic acids is 1. The second-order valence-electron chi connectivity index (χ2n) is 13.0. The number of halogens is 2. The van der Waals surface area contributed by atoms with Gasteiger partial charge in [0.15, 0.2) is 0 Å². The quantitative estimate of drug-likeness (QED) is 0.109. The van der Waals surface area contributed by atoms with Crippen LogP contribution in [0.5, 0.6) is 5.75 Å². The first-order valence-electron chi connectivity index (χ1n) is 19.6. The summed E-state index contributed by atoms with van der Waals surface area (Å²) in [5.74, 6) is -0.220. The van der Waals surface area contributed by atoms with Crippen molar-refractivity contribution < 1.29 is 43.8 Å². The third-order valence-corrected chi connectivity index (χ3v) is 8.37. The van der Waals surface area contributed by atoms with Crippen molar-refractivity contribution in [2.45, 2.75) is 125 Å². The van der Waals surface area contributed by atoms with E-state index in [0.29, 0.717) is 30.6 Å². The Morgan fingerprint density at radius 1 is 0.946 bits per heavy atom. The summed E-state index contributed by atoms with van der Waals surface area (Å²) in [6.45, 7) is 18.7. The van der Waals surface area contributed by atoms with E-state index in [2.05, 4.69) is 0 Å². The molecule has 6 unspecified atom stereocenters. The first-order chi connectivity index (χ1) is 26.6. The summed E-state index contributed by atoms with van der Waals surface area (Å²) in [7, 11) is 1.72. The number of hydrogen-bond donors (Lipinski definition) is 5. The van der Waals surface area contributed by atoms with Crippen molar-refractivity contribution in [2.75, 3.05) is 25.1 Å². The number of phenolic OH excluding ortho intramolecular Hbond substituents is 1. The number of anilines is 1. The molecular weight excluding hydrogens is 718 g/mol. The van der Waals surface area contributed by atoms with Gasteiger partial charge in [0.25, 0.3) is 0 Å². The fourth-order valence-electron chi connectivity index (χ4n) is 5.44. The molecule has 4 rings (SSSR count). The number of carbonyl (C=O) groups is 1. The average molecular weight is 787 g/mol. The highest BCUT2D eigenvalue weighted by Crippen LogP contribution is 2.39. The molecule has 1 heterocycles. The van der Waals surface area contributed by atoms with Gasteiger partial charge in [-0.25, -0.2) is 13.6 Å². The predicted octanol–water partition coefficient (Wildman–Crippen LogP) is 9.39. The Kier molecular flexibility index (Phi) is 26.2. The van der Waals surface area contributed by atoms with Crippen LogP contribution in [0.4, 0.5) is 19.3 Å². The highest BCUT2D eigenvalue weighted by Gasteiger charge is 2.38. The van der Waals surface area contributed by atoms with E-state index in [9.17, 15) is 28.9 Å². The number of urea groups is 1. The van der Waals surface area contributed by atoms with Crippen LogP contribution in [-0.2, 0) is 4.74 Å². The number of rotatable bonds is 13.